The molecule has 0 aromatic heterocycles. The summed E-state index contributed by atoms with van der Waals surface area (Å²) in [6.07, 6.45) is -6.29. The molecule has 6 rings (SSSR count). The molecule has 0 spiro atoms. The topological polar surface area (TPSA) is 188 Å². The smallest absolute Gasteiger partial charge is 0.186 e. The number of aryl methyl sites for hydroxylation is 2. The van der Waals surface area contributed by atoms with Crippen molar-refractivity contribution >= 4 is 0 Å². The molecule has 2 saturated heterocycles. The number of benzene rings is 2. The summed E-state index contributed by atoms with van der Waals surface area (Å²) in [4.78, 5) is 0. The minimum atomic E-state index is -1.52. The van der Waals surface area contributed by atoms with Crippen molar-refractivity contribution in [3.63, 3.8) is 0 Å². The summed E-state index contributed by atoms with van der Waals surface area (Å²) in [5.41, 5.74) is 2.08. The van der Waals surface area contributed by atoms with E-state index < -0.39 is 61.7 Å². The van der Waals surface area contributed by atoms with Crippen LogP contribution in [0.15, 0.2) is 42.5 Å². The van der Waals surface area contributed by atoms with Crippen molar-refractivity contribution in [2.45, 2.75) is 93.8 Å². The Morgan fingerprint density at radius 3 is 2.33 bits per heavy atom. The van der Waals surface area contributed by atoms with Gasteiger partial charge in [-0.2, -0.15) is 0 Å². The molecule has 238 valence electrons. The number of phenols is 1. The maximum absolute atomic E-state index is 10.8. The minimum Gasteiger partial charge on any atom is -0.504 e. The fourth-order valence-corrected chi connectivity index (χ4v) is 5.71. The second-order valence-electron chi connectivity index (χ2n) is 11.5. The lowest BCUT2D eigenvalue weighted by atomic mass is 9.91. The van der Waals surface area contributed by atoms with Crippen molar-refractivity contribution in [1.82, 2.24) is 0 Å². The van der Waals surface area contributed by atoms with Crippen molar-refractivity contribution in [2.75, 3.05) is 19.8 Å². The van der Waals surface area contributed by atoms with E-state index in [2.05, 4.69) is 0 Å². The van der Waals surface area contributed by atoms with E-state index in [4.69, 9.17) is 23.7 Å². The number of aliphatic hydroxyl groups is 6. The van der Waals surface area contributed by atoms with Gasteiger partial charge in [-0.15, -0.1) is 0 Å². The first-order valence-electron chi connectivity index (χ1n) is 14.9. The summed E-state index contributed by atoms with van der Waals surface area (Å²) < 4.78 is 29.2. The summed E-state index contributed by atoms with van der Waals surface area (Å²) in [5.74, 6) is 0.177. The Labute approximate surface area is 250 Å². The Balaban J connectivity index is 1.26. The second kappa shape index (κ2) is 14.6. The van der Waals surface area contributed by atoms with Crippen LogP contribution in [0.5, 0.6) is 17.2 Å². The first-order valence-corrected chi connectivity index (χ1v) is 14.9. The molecule has 12 nitrogen and oxygen atoms in total. The number of aromatic hydroxyl groups is 1. The van der Waals surface area contributed by atoms with Gasteiger partial charge in [-0.25, -0.2) is 0 Å². The monoisotopic (exact) mass is 606 g/mol. The highest BCUT2D eigenvalue weighted by atomic mass is 16.7. The normalized spacial score (nSPS) is 35.5. The van der Waals surface area contributed by atoms with E-state index in [0.717, 1.165) is 30.4 Å². The van der Waals surface area contributed by atoms with Crippen LogP contribution in [-0.4, -0.2) is 111 Å². The van der Waals surface area contributed by atoms with Crippen LogP contribution in [0.2, 0.25) is 0 Å². The zero-order chi connectivity index (χ0) is 30.5. The van der Waals surface area contributed by atoms with E-state index in [1.54, 1.807) is 6.07 Å². The fraction of sp³-hybridized carbons (Fsp3) is 0.613. The fourth-order valence-electron chi connectivity index (χ4n) is 5.71. The standard InChI is InChI=1S/C31H42O12/c32-14-21-26(35)28(37)25(16-40-31-29(38)27(36)23(34)15-39-31)43-30(21)42-19-4-2-1-3-18-8-12-22(33)24(13-18)41-20-10-6-17(5-9-19)7-11-20/h6-8,10-13,19,21,23,25-38H,1-5,9,14-16H2/t19-,21?,23?,25?,26?,27-,28+,29-,30+,31-/m1/s1. The third kappa shape index (κ3) is 7.84. The molecule has 0 saturated carbocycles. The Kier molecular flexibility index (Phi) is 10.9. The van der Waals surface area contributed by atoms with Crippen molar-refractivity contribution in [3.8, 4) is 17.2 Å². The van der Waals surface area contributed by atoms with Gasteiger partial charge in [0.05, 0.1) is 37.9 Å². The van der Waals surface area contributed by atoms with Crippen molar-refractivity contribution < 1.29 is 59.4 Å². The van der Waals surface area contributed by atoms with Crippen LogP contribution in [0.4, 0.5) is 0 Å². The van der Waals surface area contributed by atoms with Crippen LogP contribution >= 0.6 is 0 Å². The third-order valence-electron chi connectivity index (χ3n) is 8.42. The van der Waals surface area contributed by atoms with Gasteiger partial charge in [-0.05, 0) is 67.5 Å². The number of rotatable bonds is 6. The first kappa shape index (κ1) is 32.0. The molecule has 4 unspecified atom stereocenters. The van der Waals surface area contributed by atoms with Gasteiger partial charge in [-0.3, -0.25) is 0 Å². The molecule has 4 bridgehead atoms. The molecule has 43 heavy (non-hydrogen) atoms. The van der Waals surface area contributed by atoms with Gasteiger partial charge in [0.1, 0.15) is 36.3 Å². The molecule has 0 amide bonds. The molecule has 2 fully saturated rings. The van der Waals surface area contributed by atoms with Gasteiger partial charge < -0.3 is 59.4 Å². The number of hydrogen-bond acceptors (Lipinski definition) is 12. The number of fused-ring (bicyclic) bond motifs is 8. The molecule has 7 N–H and O–H groups in total. The number of aliphatic hydroxyl groups excluding tert-OH is 6. The summed E-state index contributed by atoms with van der Waals surface area (Å²) in [5, 5.41) is 71.7. The van der Waals surface area contributed by atoms with Gasteiger partial charge in [-0.1, -0.05) is 24.6 Å². The number of phenolic OH excluding ortho intramolecular Hbond substituents is 1. The van der Waals surface area contributed by atoms with Crippen molar-refractivity contribution in [2.24, 2.45) is 5.92 Å². The maximum Gasteiger partial charge on any atom is 0.186 e. The highest BCUT2D eigenvalue weighted by molar-refractivity contribution is 5.45. The third-order valence-corrected chi connectivity index (χ3v) is 8.42. The largest absolute Gasteiger partial charge is 0.504 e. The molecular formula is C31H42O12. The van der Waals surface area contributed by atoms with Crippen LogP contribution < -0.4 is 4.74 Å². The van der Waals surface area contributed by atoms with Crippen LogP contribution in [0.1, 0.15) is 36.8 Å². The summed E-state index contributed by atoms with van der Waals surface area (Å²) in [6, 6.07) is 12.9. The average molecular weight is 607 g/mol. The molecule has 10 atom stereocenters. The van der Waals surface area contributed by atoms with Gasteiger partial charge >= 0.3 is 0 Å². The SMILES string of the molecule is OCC1C(O)[C@@H](O)C(CO[C@H]2OCC(O)[C@@H](O)[C@H]2O)O[C@@H]1O[C@@H]1CCCCc2ccc(O)c(c2)Oc2ccc(cc2)CC1. The highest BCUT2D eigenvalue weighted by Gasteiger charge is 2.46. The lowest BCUT2D eigenvalue weighted by molar-refractivity contribution is -0.321. The second-order valence-corrected chi connectivity index (χ2v) is 11.5. The van der Waals surface area contributed by atoms with Crippen LogP contribution in [0.25, 0.3) is 0 Å². The molecule has 2 aromatic carbocycles. The molecule has 0 radical (unpaired) electrons. The maximum atomic E-state index is 10.8. The zero-order valence-corrected chi connectivity index (χ0v) is 23.9. The minimum absolute atomic E-state index is 0.0753. The Morgan fingerprint density at radius 2 is 1.56 bits per heavy atom. The van der Waals surface area contributed by atoms with Crippen LogP contribution in [0.3, 0.4) is 0 Å². The van der Waals surface area contributed by atoms with E-state index in [-0.39, 0.29) is 25.1 Å². The predicted octanol–water partition coefficient (Wildman–Crippen LogP) is 0.740. The summed E-state index contributed by atoms with van der Waals surface area (Å²) in [7, 11) is 0. The van der Waals surface area contributed by atoms with Crippen LogP contribution in [-0.2, 0) is 31.8 Å². The summed E-state index contributed by atoms with van der Waals surface area (Å²) in [6.45, 7) is -1.04. The Bertz CT molecular complexity index is 1160. The van der Waals surface area contributed by atoms with Crippen molar-refractivity contribution in [1.29, 1.82) is 0 Å². The molecule has 4 aliphatic rings. The molecule has 2 aromatic rings. The van der Waals surface area contributed by atoms with E-state index in [9.17, 15) is 35.7 Å². The molecule has 0 aliphatic carbocycles. The van der Waals surface area contributed by atoms with Crippen LogP contribution in [0, 0.1) is 5.92 Å². The Hall–Kier alpha value is -2.36. The van der Waals surface area contributed by atoms with E-state index in [1.165, 1.54) is 0 Å². The zero-order valence-electron chi connectivity index (χ0n) is 23.9. The van der Waals surface area contributed by atoms with E-state index >= 15 is 0 Å². The lowest BCUT2D eigenvalue weighted by Gasteiger charge is -2.43. The number of hydrogen-bond donors (Lipinski definition) is 7. The van der Waals surface area contributed by atoms with Crippen molar-refractivity contribution in [3.05, 3.63) is 53.6 Å². The molecule has 12 heteroatoms. The molecule has 4 heterocycles. The summed E-state index contributed by atoms with van der Waals surface area (Å²) >= 11 is 0. The van der Waals surface area contributed by atoms with E-state index in [1.807, 2.05) is 36.4 Å². The molecular weight excluding hydrogens is 564 g/mol. The quantitative estimate of drug-likeness (QED) is 0.245. The number of ether oxygens (including phenoxy) is 5. The van der Waals surface area contributed by atoms with Gasteiger partial charge in [0.2, 0.25) is 0 Å². The Morgan fingerprint density at radius 1 is 0.791 bits per heavy atom. The van der Waals surface area contributed by atoms with Gasteiger partial charge in [0.15, 0.2) is 24.1 Å². The lowest BCUT2D eigenvalue weighted by Crippen LogP contribution is -2.59. The van der Waals surface area contributed by atoms with Gasteiger partial charge in [0.25, 0.3) is 0 Å². The van der Waals surface area contributed by atoms with E-state index in [0.29, 0.717) is 30.8 Å². The van der Waals surface area contributed by atoms with Gasteiger partial charge in [0, 0.05) is 0 Å². The highest BCUT2D eigenvalue weighted by Crippen LogP contribution is 2.34. The average Bonchev–Trinajstić information content (AvgIpc) is 3.01. The molecule has 4 aliphatic heterocycles. The predicted molar refractivity (Wildman–Crippen MR) is 150 cm³/mol. The first-order chi connectivity index (χ1) is 20.7.